The molecule has 0 fully saturated rings. The molecule has 0 unspecified atom stereocenters. The lowest BCUT2D eigenvalue weighted by molar-refractivity contribution is -0.116. The first kappa shape index (κ1) is 16.1. The van der Waals surface area contributed by atoms with Crippen molar-refractivity contribution in [2.24, 2.45) is 0 Å². The van der Waals surface area contributed by atoms with Gasteiger partial charge in [0, 0.05) is 18.5 Å². The van der Waals surface area contributed by atoms with Crippen molar-refractivity contribution in [3.63, 3.8) is 0 Å². The van der Waals surface area contributed by atoms with E-state index in [1.54, 1.807) is 0 Å². The highest BCUT2D eigenvalue weighted by Crippen LogP contribution is 2.17. The van der Waals surface area contributed by atoms with Crippen LogP contribution in [-0.4, -0.2) is 29.1 Å². The molecule has 0 atom stereocenters. The number of carbonyl (C=O) groups is 2. The minimum atomic E-state index is -1.21. The van der Waals surface area contributed by atoms with Gasteiger partial charge in [-0.3, -0.25) is 4.79 Å². The second-order valence-electron chi connectivity index (χ2n) is 5.47. The van der Waals surface area contributed by atoms with E-state index in [0.717, 1.165) is 18.2 Å². The van der Waals surface area contributed by atoms with E-state index in [1.807, 2.05) is 20.8 Å². The second kappa shape index (κ2) is 6.47. The summed E-state index contributed by atoms with van der Waals surface area (Å²) >= 11 is 0. The zero-order valence-corrected chi connectivity index (χ0v) is 11.8. The van der Waals surface area contributed by atoms with Gasteiger partial charge in [0.05, 0.1) is 11.3 Å². The van der Waals surface area contributed by atoms with Crippen LogP contribution in [0.2, 0.25) is 0 Å². The van der Waals surface area contributed by atoms with Crippen molar-refractivity contribution in [3.05, 3.63) is 29.6 Å². The number of carboxylic acids is 1. The summed E-state index contributed by atoms with van der Waals surface area (Å²) in [6, 6.07) is 3.17. The minimum absolute atomic E-state index is 0.0294. The molecular weight excluding hydrogens is 263 g/mol. The van der Waals surface area contributed by atoms with Crippen LogP contribution < -0.4 is 10.6 Å². The van der Waals surface area contributed by atoms with Gasteiger partial charge in [-0.1, -0.05) is 0 Å². The molecule has 0 aromatic heterocycles. The Balaban J connectivity index is 2.66. The molecule has 0 aliphatic carbocycles. The Morgan fingerprint density at radius 2 is 1.95 bits per heavy atom. The first-order valence-corrected chi connectivity index (χ1v) is 6.27. The molecule has 3 N–H and O–H groups in total. The fourth-order valence-corrected chi connectivity index (χ4v) is 1.57. The van der Waals surface area contributed by atoms with Gasteiger partial charge in [-0.15, -0.1) is 0 Å². The van der Waals surface area contributed by atoms with Gasteiger partial charge < -0.3 is 15.7 Å². The highest BCUT2D eigenvalue weighted by molar-refractivity contribution is 6.00. The maximum Gasteiger partial charge on any atom is 0.337 e. The first-order valence-electron chi connectivity index (χ1n) is 6.27. The third kappa shape index (κ3) is 5.36. The van der Waals surface area contributed by atoms with Gasteiger partial charge in [0.25, 0.3) is 0 Å². The summed E-state index contributed by atoms with van der Waals surface area (Å²) in [6.07, 6.45) is 0.173. The molecule has 20 heavy (non-hydrogen) atoms. The number of aromatic carboxylic acids is 1. The Labute approximate surface area is 117 Å². The van der Waals surface area contributed by atoms with E-state index in [2.05, 4.69) is 10.6 Å². The summed E-state index contributed by atoms with van der Waals surface area (Å²) < 4.78 is 13.1. The lowest BCUT2D eigenvalue weighted by Crippen LogP contribution is -2.37. The van der Waals surface area contributed by atoms with Gasteiger partial charge >= 0.3 is 5.97 Å². The van der Waals surface area contributed by atoms with Gasteiger partial charge in [-0.05, 0) is 39.0 Å². The zero-order chi connectivity index (χ0) is 15.3. The van der Waals surface area contributed by atoms with Crippen LogP contribution in [0.4, 0.5) is 10.1 Å². The van der Waals surface area contributed by atoms with Crippen LogP contribution in [0.5, 0.6) is 0 Å². The fraction of sp³-hybridized carbons (Fsp3) is 0.429. The molecule has 1 aromatic carbocycles. The molecule has 0 spiro atoms. The Bertz CT molecular complexity index is 510. The third-order valence-electron chi connectivity index (χ3n) is 2.49. The second-order valence-corrected chi connectivity index (χ2v) is 5.47. The number of nitrogens with one attached hydrogen (secondary N) is 2. The quantitative estimate of drug-likeness (QED) is 0.774. The average molecular weight is 282 g/mol. The zero-order valence-electron chi connectivity index (χ0n) is 11.8. The van der Waals surface area contributed by atoms with E-state index in [0.29, 0.717) is 6.54 Å². The van der Waals surface area contributed by atoms with Crippen LogP contribution >= 0.6 is 0 Å². The molecule has 0 aliphatic heterocycles. The normalized spacial score (nSPS) is 11.2. The Hall–Kier alpha value is -1.95. The molecule has 110 valence electrons. The standard InChI is InChI=1S/C14H19FN2O3/c1-14(2,3)16-7-6-12(18)17-11-8-9(15)4-5-10(11)13(19)20/h4-5,8,16H,6-7H2,1-3H3,(H,17,18)(H,19,20). The molecule has 0 bridgehead atoms. The van der Waals surface area contributed by atoms with Crippen LogP contribution in [0.1, 0.15) is 37.6 Å². The van der Waals surface area contributed by atoms with E-state index in [1.165, 1.54) is 0 Å². The first-order chi connectivity index (χ1) is 9.19. The monoisotopic (exact) mass is 282 g/mol. The predicted octanol–water partition coefficient (Wildman–Crippen LogP) is 2.24. The Kier molecular flexibility index (Phi) is 5.21. The van der Waals surface area contributed by atoms with Crippen molar-refractivity contribution < 1.29 is 19.1 Å². The number of anilines is 1. The van der Waals surface area contributed by atoms with Crippen molar-refractivity contribution in [3.8, 4) is 0 Å². The number of carboxylic acid groups (broad SMARTS) is 1. The van der Waals surface area contributed by atoms with Crippen LogP contribution in [0.15, 0.2) is 18.2 Å². The highest BCUT2D eigenvalue weighted by Gasteiger charge is 2.14. The van der Waals surface area contributed by atoms with Gasteiger partial charge in [0.1, 0.15) is 5.82 Å². The molecule has 1 rings (SSSR count). The van der Waals surface area contributed by atoms with E-state index >= 15 is 0 Å². The number of halogens is 1. The summed E-state index contributed by atoms with van der Waals surface area (Å²) in [5.41, 5.74) is -0.271. The summed E-state index contributed by atoms with van der Waals surface area (Å²) in [5, 5.41) is 14.5. The number of hydrogen-bond acceptors (Lipinski definition) is 3. The lowest BCUT2D eigenvalue weighted by Gasteiger charge is -2.20. The topological polar surface area (TPSA) is 78.4 Å². The molecule has 0 saturated carbocycles. The predicted molar refractivity (Wildman–Crippen MR) is 74.4 cm³/mol. The van der Waals surface area contributed by atoms with Gasteiger partial charge in [0.15, 0.2) is 0 Å². The Morgan fingerprint density at radius 1 is 1.30 bits per heavy atom. The molecule has 0 aliphatic rings. The number of benzene rings is 1. The summed E-state index contributed by atoms with van der Waals surface area (Å²) in [4.78, 5) is 22.7. The van der Waals surface area contributed by atoms with Gasteiger partial charge in [-0.25, -0.2) is 9.18 Å². The van der Waals surface area contributed by atoms with Gasteiger partial charge in [0.2, 0.25) is 5.91 Å². The summed E-state index contributed by atoms with van der Waals surface area (Å²) in [6.45, 7) is 6.37. The fourth-order valence-electron chi connectivity index (χ4n) is 1.57. The van der Waals surface area contributed by atoms with Crippen molar-refractivity contribution in [2.45, 2.75) is 32.7 Å². The van der Waals surface area contributed by atoms with Crippen molar-refractivity contribution in [1.29, 1.82) is 0 Å². The van der Waals surface area contributed by atoms with Crippen LogP contribution in [-0.2, 0) is 4.79 Å². The molecular formula is C14H19FN2O3. The summed E-state index contributed by atoms with van der Waals surface area (Å²) in [7, 11) is 0. The van der Waals surface area contributed by atoms with E-state index in [4.69, 9.17) is 5.11 Å². The maximum absolute atomic E-state index is 13.1. The van der Waals surface area contributed by atoms with E-state index < -0.39 is 11.8 Å². The molecule has 1 amide bonds. The van der Waals surface area contributed by atoms with Crippen molar-refractivity contribution >= 4 is 17.6 Å². The number of amides is 1. The average Bonchev–Trinajstić information content (AvgIpc) is 2.26. The maximum atomic E-state index is 13.1. The Morgan fingerprint density at radius 3 is 2.50 bits per heavy atom. The molecule has 0 radical (unpaired) electrons. The number of carbonyl (C=O) groups excluding carboxylic acids is 1. The van der Waals surface area contributed by atoms with E-state index in [9.17, 15) is 14.0 Å². The van der Waals surface area contributed by atoms with Crippen molar-refractivity contribution in [1.82, 2.24) is 5.32 Å². The van der Waals surface area contributed by atoms with E-state index in [-0.39, 0.29) is 29.1 Å². The SMILES string of the molecule is CC(C)(C)NCCC(=O)Nc1cc(F)ccc1C(=O)O. The van der Waals surface area contributed by atoms with Crippen LogP contribution in [0.3, 0.4) is 0 Å². The van der Waals surface area contributed by atoms with Gasteiger partial charge in [-0.2, -0.15) is 0 Å². The molecule has 6 heteroatoms. The molecule has 5 nitrogen and oxygen atoms in total. The summed E-state index contributed by atoms with van der Waals surface area (Å²) in [5.74, 6) is -2.18. The largest absolute Gasteiger partial charge is 0.478 e. The van der Waals surface area contributed by atoms with Crippen molar-refractivity contribution in [2.75, 3.05) is 11.9 Å². The number of hydrogen-bond donors (Lipinski definition) is 3. The molecule has 1 aromatic rings. The minimum Gasteiger partial charge on any atom is -0.478 e. The highest BCUT2D eigenvalue weighted by atomic mass is 19.1. The molecule has 0 saturated heterocycles. The number of rotatable bonds is 5. The van der Waals surface area contributed by atoms with Crippen LogP contribution in [0.25, 0.3) is 0 Å². The van der Waals surface area contributed by atoms with Crippen LogP contribution in [0, 0.1) is 5.82 Å². The smallest absolute Gasteiger partial charge is 0.337 e. The third-order valence-corrected chi connectivity index (χ3v) is 2.49. The molecule has 0 heterocycles. The lowest BCUT2D eigenvalue weighted by atomic mass is 10.1.